The van der Waals surface area contributed by atoms with Crippen molar-refractivity contribution >= 4 is 21.7 Å². The molecule has 0 aliphatic heterocycles. The zero-order valence-corrected chi connectivity index (χ0v) is 10.5. The van der Waals surface area contributed by atoms with Crippen LogP contribution in [-0.2, 0) is 21.2 Å². The van der Waals surface area contributed by atoms with Gasteiger partial charge < -0.3 is 5.11 Å². The van der Waals surface area contributed by atoms with E-state index in [1.54, 1.807) is 0 Å². The van der Waals surface area contributed by atoms with Gasteiger partial charge in [-0.15, -0.1) is 0 Å². The van der Waals surface area contributed by atoms with Gasteiger partial charge in [0.05, 0.1) is 29.8 Å². The fraction of sp³-hybridized carbons (Fsp3) is 0.455. The molecule has 18 heavy (non-hydrogen) atoms. The van der Waals surface area contributed by atoms with Crippen LogP contribution in [0.2, 0.25) is 0 Å². The Balaban J connectivity index is 1.98. The second-order valence-corrected chi connectivity index (χ2v) is 6.20. The topological polar surface area (TPSA) is 96.4 Å². The van der Waals surface area contributed by atoms with E-state index in [0.717, 1.165) is 12.8 Å². The van der Waals surface area contributed by atoms with Gasteiger partial charge in [-0.1, -0.05) is 0 Å². The maximum absolute atomic E-state index is 11.7. The van der Waals surface area contributed by atoms with Crippen molar-refractivity contribution in [2.24, 2.45) is 5.92 Å². The number of nitrogens with zero attached hydrogens (tertiary/aromatic N) is 1. The number of pyridine rings is 1. The van der Waals surface area contributed by atoms with Crippen LogP contribution in [0.1, 0.15) is 18.5 Å². The van der Waals surface area contributed by atoms with E-state index in [2.05, 4.69) is 9.71 Å². The molecule has 0 atom stereocenters. The van der Waals surface area contributed by atoms with Gasteiger partial charge in [0.15, 0.2) is 0 Å². The molecule has 1 aromatic heterocycles. The average molecular weight is 270 g/mol. The van der Waals surface area contributed by atoms with E-state index in [9.17, 15) is 13.2 Å². The Morgan fingerprint density at radius 3 is 2.67 bits per heavy atom. The van der Waals surface area contributed by atoms with Crippen molar-refractivity contribution in [1.29, 1.82) is 0 Å². The molecule has 0 radical (unpaired) electrons. The van der Waals surface area contributed by atoms with Crippen molar-refractivity contribution in [3.63, 3.8) is 0 Å². The second-order valence-electron chi connectivity index (χ2n) is 4.44. The molecule has 0 saturated heterocycles. The normalized spacial score (nSPS) is 15.3. The maximum atomic E-state index is 11.7. The van der Waals surface area contributed by atoms with Crippen LogP contribution in [0.15, 0.2) is 18.3 Å². The Morgan fingerprint density at radius 1 is 1.44 bits per heavy atom. The Hall–Kier alpha value is -1.63. The quantitative estimate of drug-likeness (QED) is 0.799. The first-order valence-corrected chi connectivity index (χ1v) is 7.27. The van der Waals surface area contributed by atoms with Gasteiger partial charge in [0.1, 0.15) is 0 Å². The number of rotatable bonds is 6. The maximum Gasteiger partial charge on any atom is 0.309 e. The van der Waals surface area contributed by atoms with Gasteiger partial charge in [0, 0.05) is 0 Å². The third-order valence-corrected chi connectivity index (χ3v) is 4.04. The van der Waals surface area contributed by atoms with Gasteiger partial charge >= 0.3 is 5.97 Å². The number of aromatic nitrogens is 1. The molecule has 2 N–H and O–H groups in total. The van der Waals surface area contributed by atoms with Crippen LogP contribution in [0.5, 0.6) is 0 Å². The van der Waals surface area contributed by atoms with E-state index in [1.807, 2.05) is 0 Å². The smallest absolute Gasteiger partial charge is 0.309 e. The van der Waals surface area contributed by atoms with Gasteiger partial charge in [-0.2, -0.15) is 0 Å². The molecule has 1 heterocycles. The first-order chi connectivity index (χ1) is 8.44. The van der Waals surface area contributed by atoms with Crippen molar-refractivity contribution < 1.29 is 18.3 Å². The Labute approximate surface area is 105 Å². The largest absolute Gasteiger partial charge is 0.481 e. The zero-order valence-electron chi connectivity index (χ0n) is 9.67. The first kappa shape index (κ1) is 12.8. The average Bonchev–Trinajstić information content (AvgIpc) is 3.03. The van der Waals surface area contributed by atoms with Crippen molar-refractivity contribution in [1.82, 2.24) is 4.98 Å². The number of sulfonamides is 1. The third-order valence-electron chi connectivity index (χ3n) is 2.58. The molecule has 1 fully saturated rings. The van der Waals surface area contributed by atoms with Crippen LogP contribution >= 0.6 is 0 Å². The summed E-state index contributed by atoms with van der Waals surface area (Å²) in [4.78, 5) is 14.3. The minimum absolute atomic E-state index is 0.143. The molecule has 1 aliphatic carbocycles. The summed E-state index contributed by atoms with van der Waals surface area (Å²) in [5.74, 6) is -0.546. The lowest BCUT2D eigenvalue weighted by atomic mass is 10.3. The number of anilines is 1. The number of aliphatic carboxylic acids is 1. The summed E-state index contributed by atoms with van der Waals surface area (Å²) in [6, 6.07) is 3.03. The third kappa shape index (κ3) is 3.99. The SMILES string of the molecule is O=C(O)Cc1ccc(NS(=O)(=O)CC2CC2)cn1. The summed E-state index contributed by atoms with van der Waals surface area (Å²) in [5, 5.41) is 8.58. The Kier molecular flexibility index (Phi) is 3.51. The summed E-state index contributed by atoms with van der Waals surface area (Å²) >= 11 is 0. The summed E-state index contributed by atoms with van der Waals surface area (Å²) in [5.41, 5.74) is 0.762. The highest BCUT2D eigenvalue weighted by Crippen LogP contribution is 2.30. The van der Waals surface area contributed by atoms with Crippen molar-refractivity contribution in [3.05, 3.63) is 24.0 Å². The predicted octanol–water partition coefficient (Wildman–Crippen LogP) is 0.860. The molecule has 0 spiro atoms. The van der Waals surface area contributed by atoms with E-state index in [-0.39, 0.29) is 18.1 Å². The van der Waals surface area contributed by atoms with Gasteiger partial charge in [-0.05, 0) is 30.9 Å². The molecular formula is C11H14N2O4S. The Bertz CT molecular complexity index is 535. The highest BCUT2D eigenvalue weighted by Gasteiger charge is 2.27. The molecule has 1 saturated carbocycles. The van der Waals surface area contributed by atoms with E-state index in [1.165, 1.54) is 18.3 Å². The number of carbonyl (C=O) groups is 1. The lowest BCUT2D eigenvalue weighted by Crippen LogP contribution is -2.18. The molecule has 0 aromatic carbocycles. The van der Waals surface area contributed by atoms with Gasteiger partial charge in [0.2, 0.25) is 10.0 Å². The van der Waals surface area contributed by atoms with Crippen LogP contribution in [-0.4, -0.2) is 30.2 Å². The van der Waals surface area contributed by atoms with E-state index < -0.39 is 16.0 Å². The highest BCUT2D eigenvalue weighted by molar-refractivity contribution is 7.92. The molecule has 2 rings (SSSR count). The first-order valence-electron chi connectivity index (χ1n) is 5.62. The summed E-state index contributed by atoms with van der Waals surface area (Å²) in [7, 11) is -3.31. The van der Waals surface area contributed by atoms with E-state index in [0.29, 0.717) is 11.4 Å². The van der Waals surface area contributed by atoms with Gasteiger partial charge in [-0.25, -0.2) is 8.42 Å². The van der Waals surface area contributed by atoms with Crippen LogP contribution in [0.3, 0.4) is 0 Å². The van der Waals surface area contributed by atoms with Gasteiger partial charge in [0.25, 0.3) is 0 Å². The lowest BCUT2D eigenvalue weighted by Gasteiger charge is -2.07. The molecule has 1 aliphatic rings. The minimum atomic E-state index is -3.31. The molecule has 1 aromatic rings. The monoisotopic (exact) mass is 270 g/mol. The summed E-state index contributed by atoms with van der Waals surface area (Å²) < 4.78 is 25.8. The number of nitrogens with one attached hydrogen (secondary N) is 1. The molecule has 6 nitrogen and oxygen atoms in total. The number of carboxylic acid groups (broad SMARTS) is 1. The standard InChI is InChI=1S/C11H14N2O4S/c14-11(15)5-9-3-4-10(6-12-9)13-18(16,17)7-8-1-2-8/h3-4,6,8,13H,1-2,5,7H2,(H,14,15). The molecule has 98 valence electrons. The Morgan fingerprint density at radius 2 is 2.17 bits per heavy atom. The van der Waals surface area contributed by atoms with Crippen molar-refractivity contribution in [3.8, 4) is 0 Å². The van der Waals surface area contributed by atoms with Gasteiger partial charge in [-0.3, -0.25) is 14.5 Å². The van der Waals surface area contributed by atoms with Crippen LogP contribution in [0, 0.1) is 5.92 Å². The van der Waals surface area contributed by atoms with Crippen LogP contribution < -0.4 is 4.72 Å². The molecule has 7 heteroatoms. The minimum Gasteiger partial charge on any atom is -0.481 e. The predicted molar refractivity (Wildman–Crippen MR) is 65.7 cm³/mol. The number of carboxylic acids is 1. The zero-order chi connectivity index (χ0) is 13.2. The number of hydrogen-bond acceptors (Lipinski definition) is 4. The molecule has 0 bridgehead atoms. The van der Waals surface area contributed by atoms with E-state index >= 15 is 0 Å². The molecule has 0 amide bonds. The molecular weight excluding hydrogens is 256 g/mol. The second kappa shape index (κ2) is 4.93. The van der Waals surface area contributed by atoms with Crippen molar-refractivity contribution in [2.75, 3.05) is 10.5 Å². The number of hydrogen-bond donors (Lipinski definition) is 2. The summed E-state index contributed by atoms with van der Waals surface area (Å²) in [6.45, 7) is 0. The van der Waals surface area contributed by atoms with Crippen molar-refractivity contribution in [2.45, 2.75) is 19.3 Å². The molecule has 0 unspecified atom stereocenters. The summed E-state index contributed by atoms with van der Waals surface area (Å²) in [6.07, 6.45) is 3.10. The lowest BCUT2D eigenvalue weighted by molar-refractivity contribution is -0.136. The van der Waals surface area contributed by atoms with E-state index in [4.69, 9.17) is 5.11 Å². The highest BCUT2D eigenvalue weighted by atomic mass is 32.2. The van der Waals surface area contributed by atoms with Crippen LogP contribution in [0.25, 0.3) is 0 Å². The fourth-order valence-electron chi connectivity index (χ4n) is 1.56. The fourth-order valence-corrected chi connectivity index (χ4v) is 3.08. The van der Waals surface area contributed by atoms with Crippen LogP contribution in [0.4, 0.5) is 5.69 Å².